The predicted molar refractivity (Wildman–Crippen MR) is 152 cm³/mol. The summed E-state index contributed by atoms with van der Waals surface area (Å²) in [6, 6.07) is 11.0. The van der Waals surface area contributed by atoms with E-state index in [0.29, 0.717) is 30.2 Å². The van der Waals surface area contributed by atoms with Gasteiger partial charge in [0.15, 0.2) is 0 Å². The molecule has 4 aromatic rings. The topological polar surface area (TPSA) is 137 Å². The number of pyridine rings is 1. The number of nitrogens with one attached hydrogen (secondary N) is 2. The molecule has 4 N–H and O–H groups in total. The number of amides is 2. The summed E-state index contributed by atoms with van der Waals surface area (Å²) >= 11 is 0. The zero-order valence-corrected chi connectivity index (χ0v) is 22.7. The van der Waals surface area contributed by atoms with Crippen molar-refractivity contribution >= 4 is 29.0 Å². The second kappa shape index (κ2) is 10.0. The molecular formula is C30H33N7O3. The van der Waals surface area contributed by atoms with E-state index in [-0.39, 0.29) is 22.8 Å². The number of imidazole rings is 1. The summed E-state index contributed by atoms with van der Waals surface area (Å²) in [6.45, 7) is 2.36. The molecule has 0 aliphatic heterocycles. The van der Waals surface area contributed by atoms with Gasteiger partial charge in [0.2, 0.25) is 5.91 Å². The minimum absolute atomic E-state index is 0.0315. The fourth-order valence-corrected chi connectivity index (χ4v) is 6.45. The molecule has 40 heavy (non-hydrogen) atoms. The number of methoxy groups -OCH3 is 1. The van der Waals surface area contributed by atoms with Gasteiger partial charge in [0, 0.05) is 54.2 Å². The second-order valence-electron chi connectivity index (χ2n) is 11.1. The smallest absolute Gasteiger partial charge is 0.256 e. The van der Waals surface area contributed by atoms with Crippen LogP contribution in [-0.2, 0) is 14.9 Å². The van der Waals surface area contributed by atoms with Gasteiger partial charge in [-0.05, 0) is 68.9 Å². The van der Waals surface area contributed by atoms with Crippen molar-refractivity contribution in [1.82, 2.24) is 24.7 Å². The molecule has 2 bridgehead atoms. The van der Waals surface area contributed by atoms with E-state index in [1.54, 1.807) is 31.6 Å². The molecule has 206 valence electrons. The summed E-state index contributed by atoms with van der Waals surface area (Å²) in [5, 5.41) is 6.16. The molecule has 0 spiro atoms. The third-order valence-electron chi connectivity index (χ3n) is 8.41. The molecule has 0 radical (unpaired) electrons. The summed E-state index contributed by atoms with van der Waals surface area (Å²) in [7, 11) is 1.61. The number of nitrogens with two attached hydrogens (primary N) is 1. The van der Waals surface area contributed by atoms with Gasteiger partial charge in [-0.1, -0.05) is 12.1 Å². The normalized spacial score (nSPS) is 21.6. The standard InChI is InChI=1S/C30H33N7O3/c1-19-7-13-32-22(17-19)34-27(39)21-5-3-20(4-6-21)24-25-26(31)33-14-15-37(25)28(35-24)29-9-11-30(18-29,12-10-29)36-23(38)8-16-40-2/h3-7,13-15,17H,8-12,16,18H2,1-2H3,(H2,31,33)(H,36,38)(H,32,34,39). The van der Waals surface area contributed by atoms with Crippen molar-refractivity contribution in [2.45, 2.75) is 56.4 Å². The number of benzene rings is 1. The van der Waals surface area contributed by atoms with E-state index in [9.17, 15) is 9.59 Å². The summed E-state index contributed by atoms with van der Waals surface area (Å²) in [6.07, 6.45) is 10.2. The third kappa shape index (κ3) is 4.58. The predicted octanol–water partition coefficient (Wildman–Crippen LogP) is 4.04. The van der Waals surface area contributed by atoms with Crippen LogP contribution in [0.3, 0.4) is 0 Å². The Labute approximate surface area is 232 Å². The Hall–Kier alpha value is -4.31. The number of hydrogen-bond acceptors (Lipinski definition) is 7. The zero-order valence-electron chi connectivity index (χ0n) is 22.7. The summed E-state index contributed by atoms with van der Waals surface area (Å²) < 4.78 is 7.15. The zero-order chi connectivity index (χ0) is 27.9. The first-order chi connectivity index (χ1) is 19.3. The molecule has 3 aromatic heterocycles. The first kappa shape index (κ1) is 25.9. The third-order valence-corrected chi connectivity index (χ3v) is 8.41. The maximum Gasteiger partial charge on any atom is 0.256 e. The van der Waals surface area contributed by atoms with Gasteiger partial charge in [0.25, 0.3) is 5.91 Å². The number of nitrogens with zero attached hydrogens (tertiary/aromatic N) is 4. The SMILES string of the molecule is COCCC(=O)NC12CCC(c3nc(-c4ccc(C(=O)Nc5cc(C)ccn5)cc4)c4c(N)nccn34)(CC1)C2. The number of rotatable bonds is 8. The van der Waals surface area contributed by atoms with Crippen LogP contribution in [-0.4, -0.2) is 50.4 Å². The first-order valence-electron chi connectivity index (χ1n) is 13.6. The van der Waals surface area contributed by atoms with E-state index in [1.165, 1.54) is 0 Å². The van der Waals surface area contributed by atoms with Crippen LogP contribution in [0.5, 0.6) is 0 Å². The average Bonchev–Trinajstić information content (AvgIpc) is 3.63. The number of carbonyl (C=O) groups is 2. The summed E-state index contributed by atoms with van der Waals surface area (Å²) in [5.41, 5.74) is 9.89. The average molecular weight is 540 g/mol. The molecule has 3 heterocycles. The van der Waals surface area contributed by atoms with Crippen LogP contribution >= 0.6 is 0 Å². The van der Waals surface area contributed by atoms with E-state index >= 15 is 0 Å². The lowest BCUT2D eigenvalue weighted by atomic mass is 9.83. The van der Waals surface area contributed by atoms with Gasteiger partial charge in [0.05, 0.1) is 6.61 Å². The second-order valence-corrected chi connectivity index (χ2v) is 11.1. The fraction of sp³-hybridized carbons (Fsp3) is 0.367. The van der Waals surface area contributed by atoms with Crippen molar-refractivity contribution in [2.24, 2.45) is 0 Å². The number of anilines is 2. The van der Waals surface area contributed by atoms with Gasteiger partial charge in [-0.3, -0.25) is 14.0 Å². The lowest BCUT2D eigenvalue weighted by Crippen LogP contribution is -2.45. The summed E-state index contributed by atoms with van der Waals surface area (Å²) in [5.74, 6) is 1.65. The number of ether oxygens (including phenoxy) is 1. The van der Waals surface area contributed by atoms with Crippen LogP contribution in [0.15, 0.2) is 55.0 Å². The van der Waals surface area contributed by atoms with Crippen molar-refractivity contribution in [3.8, 4) is 11.3 Å². The van der Waals surface area contributed by atoms with Crippen molar-refractivity contribution < 1.29 is 14.3 Å². The van der Waals surface area contributed by atoms with Crippen molar-refractivity contribution in [2.75, 3.05) is 24.8 Å². The number of fused-ring (bicyclic) bond motifs is 3. The van der Waals surface area contributed by atoms with Gasteiger partial charge in [-0.15, -0.1) is 0 Å². The summed E-state index contributed by atoms with van der Waals surface area (Å²) in [4.78, 5) is 39.1. The van der Waals surface area contributed by atoms with Gasteiger partial charge in [0.1, 0.15) is 28.7 Å². The van der Waals surface area contributed by atoms with E-state index in [2.05, 4.69) is 25.0 Å². The first-order valence-corrected chi connectivity index (χ1v) is 13.6. The molecule has 0 saturated heterocycles. The Bertz CT molecular complexity index is 1590. The Balaban J connectivity index is 1.29. The molecule has 2 aliphatic carbocycles. The molecule has 0 unspecified atom stereocenters. The monoisotopic (exact) mass is 539 g/mol. The number of hydrogen-bond donors (Lipinski definition) is 3. The van der Waals surface area contributed by atoms with E-state index in [4.69, 9.17) is 15.5 Å². The molecule has 1 aromatic carbocycles. The molecular weight excluding hydrogens is 506 g/mol. The molecule has 2 aliphatic rings. The van der Waals surface area contributed by atoms with Crippen molar-refractivity contribution in [1.29, 1.82) is 0 Å². The minimum atomic E-state index is -0.235. The van der Waals surface area contributed by atoms with Crippen LogP contribution in [0.1, 0.15) is 60.3 Å². The number of aryl methyl sites for hydroxylation is 1. The highest BCUT2D eigenvalue weighted by Gasteiger charge is 2.57. The van der Waals surface area contributed by atoms with Crippen LogP contribution < -0.4 is 16.4 Å². The highest BCUT2D eigenvalue weighted by molar-refractivity contribution is 6.04. The van der Waals surface area contributed by atoms with Gasteiger partial charge in [-0.2, -0.15) is 0 Å². The maximum absolute atomic E-state index is 12.8. The van der Waals surface area contributed by atoms with E-state index in [1.807, 2.05) is 37.4 Å². The molecule has 10 nitrogen and oxygen atoms in total. The lowest BCUT2D eigenvalue weighted by molar-refractivity contribution is -0.123. The van der Waals surface area contributed by atoms with Crippen LogP contribution in [0.2, 0.25) is 0 Å². The minimum Gasteiger partial charge on any atom is -0.384 e. The maximum atomic E-state index is 12.8. The van der Waals surface area contributed by atoms with Gasteiger partial charge >= 0.3 is 0 Å². The fourth-order valence-electron chi connectivity index (χ4n) is 6.45. The van der Waals surface area contributed by atoms with Gasteiger partial charge < -0.3 is 21.1 Å². The molecule has 2 fully saturated rings. The lowest BCUT2D eigenvalue weighted by Gasteiger charge is -2.28. The van der Waals surface area contributed by atoms with Gasteiger partial charge in [-0.25, -0.2) is 15.0 Å². The number of nitrogen functional groups attached to an aromatic ring is 1. The quantitative estimate of drug-likeness (QED) is 0.307. The number of carbonyl (C=O) groups excluding carboxylic acids is 2. The van der Waals surface area contributed by atoms with Crippen LogP contribution in [0.25, 0.3) is 16.8 Å². The number of aromatic nitrogens is 4. The molecule has 2 amide bonds. The van der Waals surface area contributed by atoms with E-state index < -0.39 is 0 Å². The Morgan fingerprint density at radius 1 is 1.07 bits per heavy atom. The molecule has 6 rings (SSSR count). The highest BCUT2D eigenvalue weighted by atomic mass is 16.5. The molecule has 10 heteroatoms. The Morgan fingerprint density at radius 3 is 2.58 bits per heavy atom. The van der Waals surface area contributed by atoms with Crippen molar-refractivity contribution in [3.05, 3.63) is 71.9 Å². The van der Waals surface area contributed by atoms with Crippen LogP contribution in [0.4, 0.5) is 11.6 Å². The highest BCUT2D eigenvalue weighted by Crippen LogP contribution is 2.57. The van der Waals surface area contributed by atoms with Crippen molar-refractivity contribution in [3.63, 3.8) is 0 Å². The molecule has 2 saturated carbocycles. The Morgan fingerprint density at radius 2 is 1.85 bits per heavy atom. The van der Waals surface area contributed by atoms with E-state index in [0.717, 1.165) is 60.3 Å². The Kier molecular flexibility index (Phi) is 6.50. The van der Waals surface area contributed by atoms with Crippen LogP contribution in [0, 0.1) is 6.92 Å². The largest absolute Gasteiger partial charge is 0.384 e. The molecule has 0 atom stereocenters.